The largest absolute Gasteiger partial charge is 0.309 e. The van der Waals surface area contributed by atoms with Crippen molar-refractivity contribution >= 4 is 43.6 Å². The molecule has 0 amide bonds. The summed E-state index contributed by atoms with van der Waals surface area (Å²) >= 11 is 0. The zero-order chi connectivity index (χ0) is 33.8. The van der Waals surface area contributed by atoms with Crippen LogP contribution in [0.25, 0.3) is 77.2 Å². The van der Waals surface area contributed by atoms with Crippen LogP contribution in [-0.4, -0.2) is 9.13 Å². The van der Waals surface area contributed by atoms with E-state index in [0.717, 1.165) is 77.2 Å². The lowest BCUT2D eigenvalue weighted by Gasteiger charge is -2.16. The Morgan fingerprint density at radius 2 is 0.920 bits per heavy atom. The summed E-state index contributed by atoms with van der Waals surface area (Å²) in [7, 11) is 0. The van der Waals surface area contributed by atoms with Gasteiger partial charge in [0.2, 0.25) is 0 Å². The first-order valence-electron chi connectivity index (χ1n) is 16.3. The lowest BCUT2D eigenvalue weighted by Crippen LogP contribution is -1.99. The molecule has 0 aliphatic rings. The van der Waals surface area contributed by atoms with E-state index in [2.05, 4.69) is 81.9 Å². The van der Waals surface area contributed by atoms with Crippen LogP contribution >= 0.6 is 0 Å². The van der Waals surface area contributed by atoms with Gasteiger partial charge in [0.05, 0.1) is 62.3 Å². The quantitative estimate of drug-likeness (QED) is 0.193. The molecule has 5 nitrogen and oxygen atoms in total. The number of fused-ring (bicyclic) bond motifs is 6. The lowest BCUT2D eigenvalue weighted by atomic mass is 9.94. The normalized spacial score (nSPS) is 11.1. The second kappa shape index (κ2) is 11.4. The lowest BCUT2D eigenvalue weighted by molar-refractivity contribution is 1.17. The summed E-state index contributed by atoms with van der Waals surface area (Å²) in [5, 5.41) is 34.6. The first-order valence-corrected chi connectivity index (χ1v) is 16.3. The van der Waals surface area contributed by atoms with Crippen LogP contribution in [0.2, 0.25) is 0 Å². The van der Waals surface area contributed by atoms with Crippen LogP contribution in [-0.2, 0) is 0 Å². The summed E-state index contributed by atoms with van der Waals surface area (Å²) in [5.74, 6) is 0. The van der Waals surface area contributed by atoms with Gasteiger partial charge in [0.25, 0.3) is 0 Å². The van der Waals surface area contributed by atoms with Crippen molar-refractivity contribution in [2.24, 2.45) is 0 Å². The number of aromatic nitrogens is 2. The highest BCUT2D eigenvalue weighted by Crippen LogP contribution is 2.39. The molecule has 2 aromatic heterocycles. The van der Waals surface area contributed by atoms with E-state index >= 15 is 0 Å². The van der Waals surface area contributed by atoms with Crippen LogP contribution in [0.4, 0.5) is 0 Å². The molecule has 0 aliphatic heterocycles. The van der Waals surface area contributed by atoms with Crippen molar-refractivity contribution in [2.75, 3.05) is 0 Å². The minimum absolute atomic E-state index is 0.526. The van der Waals surface area contributed by atoms with Gasteiger partial charge >= 0.3 is 0 Å². The number of para-hydroxylation sites is 4. The summed E-state index contributed by atoms with van der Waals surface area (Å²) in [6, 6.07) is 57.7. The summed E-state index contributed by atoms with van der Waals surface area (Å²) in [4.78, 5) is 0. The highest BCUT2D eigenvalue weighted by molar-refractivity contribution is 6.11. The Morgan fingerprint density at radius 1 is 0.360 bits per heavy atom. The number of hydrogen-bond acceptors (Lipinski definition) is 3. The third-order valence-electron chi connectivity index (χ3n) is 9.59. The van der Waals surface area contributed by atoms with E-state index in [-0.39, 0.29) is 0 Å². The number of nitriles is 3. The van der Waals surface area contributed by atoms with Gasteiger partial charge in [-0.25, -0.2) is 0 Å². The molecule has 0 fully saturated rings. The first-order chi connectivity index (χ1) is 24.7. The molecular formula is C45H25N5. The zero-order valence-electron chi connectivity index (χ0n) is 26.7. The maximum Gasteiger partial charge on any atom is 0.101 e. The van der Waals surface area contributed by atoms with Crippen molar-refractivity contribution in [1.82, 2.24) is 9.13 Å². The summed E-state index contributed by atoms with van der Waals surface area (Å²) in [5.41, 5.74) is 11.1. The van der Waals surface area contributed by atoms with Gasteiger partial charge in [-0.1, -0.05) is 78.9 Å². The summed E-state index contributed by atoms with van der Waals surface area (Å²) < 4.78 is 4.39. The molecule has 0 aliphatic carbocycles. The summed E-state index contributed by atoms with van der Waals surface area (Å²) in [6.45, 7) is 0. The van der Waals surface area contributed by atoms with Gasteiger partial charge in [0, 0.05) is 27.1 Å². The molecule has 0 unspecified atom stereocenters. The fourth-order valence-corrected chi connectivity index (χ4v) is 7.41. The highest BCUT2D eigenvalue weighted by atomic mass is 15.0. The Kier molecular flexibility index (Phi) is 6.56. The van der Waals surface area contributed by atoms with E-state index in [0.29, 0.717) is 16.7 Å². The van der Waals surface area contributed by atoms with Crippen LogP contribution in [0.5, 0.6) is 0 Å². The third-order valence-corrected chi connectivity index (χ3v) is 9.59. The molecule has 0 bridgehead atoms. The molecule has 0 atom stereocenters. The van der Waals surface area contributed by atoms with Crippen LogP contribution < -0.4 is 0 Å². The smallest absolute Gasteiger partial charge is 0.101 e. The maximum absolute atomic E-state index is 10.5. The molecule has 0 spiro atoms. The Balaban J connectivity index is 1.22. The first kappa shape index (κ1) is 28.8. The Labute approximate surface area is 287 Å². The third kappa shape index (κ3) is 4.38. The predicted octanol–water partition coefficient (Wildman–Crippen LogP) is 10.8. The zero-order valence-corrected chi connectivity index (χ0v) is 26.7. The van der Waals surface area contributed by atoms with Gasteiger partial charge in [-0.3, -0.25) is 0 Å². The van der Waals surface area contributed by atoms with E-state index in [4.69, 9.17) is 0 Å². The molecule has 2 heterocycles. The highest BCUT2D eigenvalue weighted by Gasteiger charge is 2.18. The summed E-state index contributed by atoms with van der Waals surface area (Å²) in [6.07, 6.45) is 0. The van der Waals surface area contributed by atoms with Crippen LogP contribution in [0.1, 0.15) is 16.7 Å². The average molecular weight is 636 g/mol. The van der Waals surface area contributed by atoms with Crippen molar-refractivity contribution < 1.29 is 0 Å². The van der Waals surface area contributed by atoms with Crippen molar-refractivity contribution in [2.45, 2.75) is 0 Å². The van der Waals surface area contributed by atoms with Crippen molar-refractivity contribution in [3.63, 3.8) is 0 Å². The van der Waals surface area contributed by atoms with E-state index in [1.165, 1.54) is 0 Å². The van der Waals surface area contributed by atoms with Gasteiger partial charge in [-0.2, -0.15) is 15.8 Å². The number of hydrogen-bond donors (Lipinski definition) is 0. The minimum Gasteiger partial charge on any atom is -0.309 e. The Bertz CT molecular complexity index is 2920. The van der Waals surface area contributed by atoms with Gasteiger partial charge in [0.15, 0.2) is 0 Å². The second-order valence-electron chi connectivity index (χ2n) is 12.3. The van der Waals surface area contributed by atoms with Crippen molar-refractivity contribution in [1.29, 1.82) is 15.8 Å². The molecule has 9 rings (SSSR count). The Hall–Kier alpha value is -7.39. The number of nitrogens with zero attached hydrogens (tertiary/aromatic N) is 5. The fourth-order valence-electron chi connectivity index (χ4n) is 7.41. The monoisotopic (exact) mass is 635 g/mol. The second-order valence-corrected chi connectivity index (χ2v) is 12.3. The molecular weight excluding hydrogens is 611 g/mol. The van der Waals surface area contributed by atoms with Gasteiger partial charge < -0.3 is 9.13 Å². The molecule has 0 N–H and O–H groups in total. The molecule has 0 saturated heterocycles. The molecule has 9 aromatic rings. The molecule has 7 aromatic carbocycles. The van der Waals surface area contributed by atoms with Crippen molar-refractivity contribution in [3.05, 3.63) is 168 Å². The van der Waals surface area contributed by atoms with Gasteiger partial charge in [-0.05, 0) is 89.5 Å². The molecule has 0 saturated carbocycles. The standard InChI is InChI=1S/C45H25N5/c46-26-29-17-19-45-39(23-29)38-12-4-8-16-44(38)50(45)41-13-5-1-9-35(41)33-22-30(27-47)21-32(25-33)31-18-20-40(34(24-31)28-48)49-42-14-6-2-10-36(42)37-11-3-7-15-43(37)49/h1-25H. The van der Waals surface area contributed by atoms with Gasteiger partial charge in [0.1, 0.15) is 6.07 Å². The topological polar surface area (TPSA) is 81.2 Å². The SMILES string of the molecule is N#Cc1cc(-c2ccc(-n3c4ccccc4c4ccccc43)c(C#N)c2)cc(-c2ccccc2-n2c3ccccc3c3cc(C#N)ccc32)c1. The number of benzene rings is 7. The fraction of sp³-hybridized carbons (Fsp3) is 0. The van der Waals surface area contributed by atoms with Crippen LogP contribution in [0, 0.1) is 34.0 Å². The minimum atomic E-state index is 0.526. The Morgan fingerprint density at radius 3 is 1.58 bits per heavy atom. The average Bonchev–Trinajstić information content (AvgIpc) is 3.70. The maximum atomic E-state index is 10.5. The molecule has 5 heteroatoms. The molecule has 0 radical (unpaired) electrons. The van der Waals surface area contributed by atoms with E-state index < -0.39 is 0 Å². The van der Waals surface area contributed by atoms with Gasteiger partial charge in [-0.15, -0.1) is 0 Å². The predicted molar refractivity (Wildman–Crippen MR) is 200 cm³/mol. The van der Waals surface area contributed by atoms with Crippen LogP contribution in [0.3, 0.4) is 0 Å². The van der Waals surface area contributed by atoms with E-state index in [1.54, 1.807) is 0 Å². The van der Waals surface area contributed by atoms with E-state index in [1.807, 2.05) is 97.1 Å². The van der Waals surface area contributed by atoms with E-state index in [9.17, 15) is 15.8 Å². The number of rotatable bonds is 4. The molecule has 50 heavy (non-hydrogen) atoms. The van der Waals surface area contributed by atoms with Crippen molar-refractivity contribution in [3.8, 4) is 51.8 Å². The van der Waals surface area contributed by atoms with Crippen LogP contribution in [0.15, 0.2) is 152 Å². The molecule has 230 valence electrons.